The van der Waals surface area contributed by atoms with Crippen LogP contribution < -0.4 is 4.90 Å². The lowest BCUT2D eigenvalue weighted by Crippen LogP contribution is -2.53. The van der Waals surface area contributed by atoms with Crippen molar-refractivity contribution in [2.24, 2.45) is 0 Å². The van der Waals surface area contributed by atoms with Gasteiger partial charge in [0.05, 0.1) is 25.3 Å². The lowest BCUT2D eigenvalue weighted by Gasteiger charge is -2.34. The second-order valence-corrected chi connectivity index (χ2v) is 8.20. The first-order valence-electron chi connectivity index (χ1n) is 10.3. The Hall–Kier alpha value is -1.63. The molecule has 0 aliphatic carbocycles. The van der Waals surface area contributed by atoms with Crippen LogP contribution in [0, 0.1) is 0 Å². The summed E-state index contributed by atoms with van der Waals surface area (Å²) >= 11 is 0. The van der Waals surface area contributed by atoms with Gasteiger partial charge < -0.3 is 24.5 Å². The minimum absolute atomic E-state index is 0.00264. The molecule has 0 bridgehead atoms. The number of hydrogen-bond acceptors (Lipinski definition) is 5. The number of para-hydroxylation sites is 1. The Balaban J connectivity index is 1.52. The number of anilines is 1. The average molecular weight is 373 g/mol. The third-order valence-electron chi connectivity index (χ3n) is 5.95. The Morgan fingerprint density at radius 3 is 2.52 bits per heavy atom. The number of β-amino-alcohol motifs (C(OH)–C–C–N with tert-alkyl or cyclic N) is 1. The number of benzene rings is 1. The Labute approximate surface area is 161 Å². The first kappa shape index (κ1) is 18.7. The van der Waals surface area contributed by atoms with E-state index in [2.05, 4.69) is 9.80 Å². The summed E-state index contributed by atoms with van der Waals surface area (Å²) in [6.45, 7) is 6.25. The van der Waals surface area contributed by atoms with E-state index < -0.39 is 5.60 Å². The standard InChI is InChI=1S/C21H31N3O3/c25-20(18-7-1-2-8-19(18)23-11-5-6-12-23)24-13-14-27-17-21(26,16-24)15-22-9-3-4-10-22/h1-2,7-8,26H,3-6,9-17H2/t21-/m1/s1. The Bertz CT molecular complexity index is 656. The van der Waals surface area contributed by atoms with Gasteiger partial charge in [0.2, 0.25) is 0 Å². The average Bonchev–Trinajstić information content (AvgIpc) is 3.34. The van der Waals surface area contributed by atoms with Crippen molar-refractivity contribution >= 4 is 11.6 Å². The number of amides is 1. The van der Waals surface area contributed by atoms with Gasteiger partial charge in [-0.1, -0.05) is 12.1 Å². The highest BCUT2D eigenvalue weighted by Gasteiger charge is 2.37. The highest BCUT2D eigenvalue weighted by atomic mass is 16.5. The first-order valence-corrected chi connectivity index (χ1v) is 10.3. The molecule has 1 N–H and O–H groups in total. The lowest BCUT2D eigenvalue weighted by atomic mass is 10.0. The molecule has 1 amide bonds. The van der Waals surface area contributed by atoms with E-state index in [9.17, 15) is 9.90 Å². The van der Waals surface area contributed by atoms with Crippen LogP contribution in [0.1, 0.15) is 36.0 Å². The van der Waals surface area contributed by atoms with Crippen LogP contribution in [0.5, 0.6) is 0 Å². The van der Waals surface area contributed by atoms with Crippen molar-refractivity contribution in [2.45, 2.75) is 31.3 Å². The highest BCUT2D eigenvalue weighted by molar-refractivity contribution is 6.00. The topological polar surface area (TPSA) is 56.3 Å². The summed E-state index contributed by atoms with van der Waals surface area (Å²) in [4.78, 5) is 19.8. The van der Waals surface area contributed by atoms with E-state index in [1.54, 1.807) is 4.90 Å². The number of aliphatic hydroxyl groups is 1. The molecule has 6 nitrogen and oxygen atoms in total. The monoisotopic (exact) mass is 373 g/mol. The summed E-state index contributed by atoms with van der Waals surface area (Å²) in [6.07, 6.45) is 4.72. The predicted molar refractivity (Wildman–Crippen MR) is 105 cm³/mol. The molecule has 3 heterocycles. The normalized spacial score (nSPS) is 27.1. The van der Waals surface area contributed by atoms with E-state index in [1.807, 2.05) is 24.3 Å². The van der Waals surface area contributed by atoms with Crippen molar-refractivity contribution in [3.63, 3.8) is 0 Å². The van der Waals surface area contributed by atoms with Gasteiger partial charge in [-0.05, 0) is 50.9 Å². The molecule has 0 aromatic heterocycles. The van der Waals surface area contributed by atoms with E-state index >= 15 is 0 Å². The Morgan fingerprint density at radius 1 is 1.04 bits per heavy atom. The Kier molecular flexibility index (Phi) is 5.66. The van der Waals surface area contributed by atoms with E-state index in [-0.39, 0.29) is 5.91 Å². The molecule has 0 saturated carbocycles. The number of carbonyl (C=O) groups excluding carboxylic acids is 1. The van der Waals surface area contributed by atoms with Gasteiger partial charge in [0.25, 0.3) is 5.91 Å². The number of nitrogens with zero attached hydrogens (tertiary/aromatic N) is 3. The largest absolute Gasteiger partial charge is 0.384 e. The van der Waals surface area contributed by atoms with Crippen LogP contribution in [-0.2, 0) is 4.74 Å². The van der Waals surface area contributed by atoms with E-state index in [4.69, 9.17) is 4.74 Å². The molecule has 3 fully saturated rings. The molecular formula is C21H31N3O3. The van der Waals surface area contributed by atoms with Gasteiger partial charge >= 0.3 is 0 Å². The zero-order valence-corrected chi connectivity index (χ0v) is 16.1. The molecule has 1 aromatic rings. The van der Waals surface area contributed by atoms with Gasteiger partial charge in [-0.15, -0.1) is 0 Å². The van der Waals surface area contributed by atoms with Crippen molar-refractivity contribution < 1.29 is 14.6 Å². The van der Waals surface area contributed by atoms with E-state index in [0.717, 1.165) is 37.4 Å². The molecule has 148 valence electrons. The summed E-state index contributed by atoms with van der Waals surface area (Å²) in [5, 5.41) is 11.2. The van der Waals surface area contributed by atoms with Gasteiger partial charge in [0, 0.05) is 31.9 Å². The predicted octanol–water partition coefficient (Wildman–Crippen LogP) is 1.59. The fourth-order valence-electron chi connectivity index (χ4n) is 4.60. The summed E-state index contributed by atoms with van der Waals surface area (Å²) in [7, 11) is 0. The molecule has 27 heavy (non-hydrogen) atoms. The van der Waals surface area contributed by atoms with Crippen LogP contribution >= 0.6 is 0 Å². The molecule has 3 saturated heterocycles. The summed E-state index contributed by atoms with van der Waals surface area (Å²) in [5.74, 6) is 0.00264. The molecule has 3 aliphatic rings. The van der Waals surface area contributed by atoms with Crippen LogP contribution in [0.2, 0.25) is 0 Å². The van der Waals surface area contributed by atoms with Gasteiger partial charge in [-0.25, -0.2) is 0 Å². The summed E-state index contributed by atoms with van der Waals surface area (Å²) in [6, 6.07) is 7.89. The van der Waals surface area contributed by atoms with Crippen molar-refractivity contribution in [1.29, 1.82) is 0 Å². The molecule has 0 radical (unpaired) electrons. The second-order valence-electron chi connectivity index (χ2n) is 8.20. The second kappa shape index (κ2) is 8.17. The van der Waals surface area contributed by atoms with Crippen LogP contribution in [0.25, 0.3) is 0 Å². The first-order chi connectivity index (χ1) is 13.1. The zero-order valence-electron chi connectivity index (χ0n) is 16.1. The molecule has 1 atom stereocenters. The maximum Gasteiger partial charge on any atom is 0.256 e. The molecule has 0 spiro atoms. The quantitative estimate of drug-likeness (QED) is 0.869. The maximum atomic E-state index is 13.4. The van der Waals surface area contributed by atoms with E-state index in [1.165, 1.54) is 25.7 Å². The van der Waals surface area contributed by atoms with E-state index in [0.29, 0.717) is 32.8 Å². The molecule has 1 aromatic carbocycles. The number of likely N-dealkylation sites (tertiary alicyclic amines) is 1. The molecule has 3 aliphatic heterocycles. The minimum Gasteiger partial charge on any atom is -0.384 e. The third kappa shape index (κ3) is 4.28. The summed E-state index contributed by atoms with van der Waals surface area (Å²) < 4.78 is 5.69. The van der Waals surface area contributed by atoms with Gasteiger partial charge in [0.1, 0.15) is 5.60 Å². The number of ether oxygens (including phenoxy) is 1. The Morgan fingerprint density at radius 2 is 1.74 bits per heavy atom. The van der Waals surface area contributed by atoms with Gasteiger partial charge in [0.15, 0.2) is 0 Å². The van der Waals surface area contributed by atoms with Crippen molar-refractivity contribution in [3.8, 4) is 0 Å². The molecule has 6 heteroatoms. The summed E-state index contributed by atoms with van der Waals surface area (Å²) in [5.41, 5.74) is 0.761. The van der Waals surface area contributed by atoms with Crippen molar-refractivity contribution in [2.75, 3.05) is 63.9 Å². The molecule has 0 unspecified atom stereocenters. The lowest BCUT2D eigenvalue weighted by molar-refractivity contribution is -0.0524. The highest BCUT2D eigenvalue weighted by Crippen LogP contribution is 2.27. The fourth-order valence-corrected chi connectivity index (χ4v) is 4.60. The van der Waals surface area contributed by atoms with Crippen molar-refractivity contribution in [3.05, 3.63) is 29.8 Å². The van der Waals surface area contributed by atoms with Crippen LogP contribution in [0.15, 0.2) is 24.3 Å². The smallest absolute Gasteiger partial charge is 0.256 e. The number of rotatable bonds is 4. The maximum absolute atomic E-state index is 13.4. The molecular weight excluding hydrogens is 342 g/mol. The number of carbonyl (C=O) groups is 1. The van der Waals surface area contributed by atoms with Gasteiger partial charge in [-0.2, -0.15) is 0 Å². The molecule has 4 rings (SSSR count). The van der Waals surface area contributed by atoms with Crippen LogP contribution in [0.4, 0.5) is 5.69 Å². The van der Waals surface area contributed by atoms with Crippen molar-refractivity contribution in [1.82, 2.24) is 9.80 Å². The zero-order chi connectivity index (χ0) is 18.7. The van der Waals surface area contributed by atoms with Crippen LogP contribution in [-0.4, -0.2) is 85.4 Å². The third-order valence-corrected chi connectivity index (χ3v) is 5.95. The minimum atomic E-state index is -1.00. The number of hydrogen-bond donors (Lipinski definition) is 1. The van der Waals surface area contributed by atoms with Gasteiger partial charge in [-0.3, -0.25) is 4.79 Å². The SMILES string of the molecule is O=C(c1ccccc1N1CCCC1)N1CCOC[C@@](O)(CN2CCCC2)C1. The van der Waals surface area contributed by atoms with Crippen LogP contribution in [0.3, 0.4) is 0 Å². The fraction of sp³-hybridized carbons (Fsp3) is 0.667.